The van der Waals surface area contributed by atoms with Gasteiger partial charge in [0, 0.05) is 43.5 Å². The zero-order valence-corrected chi connectivity index (χ0v) is 30.1. The van der Waals surface area contributed by atoms with E-state index in [1.54, 1.807) is 33.4 Å². The molecule has 0 fully saturated rings. The van der Waals surface area contributed by atoms with E-state index in [2.05, 4.69) is 26.2 Å². The minimum atomic E-state index is -2.37. The van der Waals surface area contributed by atoms with Crippen molar-refractivity contribution >= 4 is 25.0 Å². The Hall–Kier alpha value is 0.451. The standard InChI is InChI=1S/C30H68O5Si3/c1-9-34-35-25-21-17-13-11-10-12-14-18-22-26-36(5,6)29-30-37(7,8)27-23-19-15-16-20-24-28-38(31-2,32-3)33-4/h9-30H2,1-8H3. The quantitative estimate of drug-likeness (QED) is 0.0374. The number of unbranched alkanes of at least 4 members (excludes halogenated alkanes) is 13. The molecule has 230 valence electrons. The van der Waals surface area contributed by atoms with Crippen LogP contribution in [-0.2, 0) is 23.1 Å². The molecule has 0 rings (SSSR count). The van der Waals surface area contributed by atoms with Gasteiger partial charge in [0.2, 0.25) is 0 Å². The summed E-state index contributed by atoms with van der Waals surface area (Å²) in [6.45, 7) is 14.0. The lowest BCUT2D eigenvalue weighted by atomic mass is 10.1. The van der Waals surface area contributed by atoms with Gasteiger partial charge >= 0.3 is 8.80 Å². The van der Waals surface area contributed by atoms with E-state index in [0.29, 0.717) is 6.61 Å². The van der Waals surface area contributed by atoms with Crippen LogP contribution in [0.15, 0.2) is 0 Å². The van der Waals surface area contributed by atoms with Crippen LogP contribution in [0.1, 0.15) is 103 Å². The summed E-state index contributed by atoms with van der Waals surface area (Å²) in [5.74, 6) is 0. The van der Waals surface area contributed by atoms with E-state index in [9.17, 15) is 0 Å². The largest absolute Gasteiger partial charge is 0.500 e. The van der Waals surface area contributed by atoms with Crippen molar-refractivity contribution in [3.05, 3.63) is 0 Å². The van der Waals surface area contributed by atoms with Crippen molar-refractivity contribution in [1.29, 1.82) is 0 Å². The molecule has 0 aromatic heterocycles. The molecule has 5 nitrogen and oxygen atoms in total. The maximum Gasteiger partial charge on any atom is 0.500 e. The van der Waals surface area contributed by atoms with Crippen molar-refractivity contribution < 1.29 is 23.1 Å². The molecule has 0 saturated heterocycles. The molecule has 38 heavy (non-hydrogen) atoms. The fraction of sp³-hybridized carbons (Fsp3) is 1.00. The summed E-state index contributed by atoms with van der Waals surface area (Å²) in [6, 6.07) is 7.10. The van der Waals surface area contributed by atoms with E-state index in [-0.39, 0.29) is 0 Å². The predicted molar refractivity (Wildman–Crippen MR) is 173 cm³/mol. The Bertz CT molecular complexity index is 508. The smallest absolute Gasteiger partial charge is 0.377 e. The second kappa shape index (κ2) is 24.1. The minimum Gasteiger partial charge on any atom is -0.377 e. The molecule has 0 aliphatic rings. The Labute approximate surface area is 241 Å². The van der Waals surface area contributed by atoms with Crippen LogP contribution in [0.5, 0.6) is 0 Å². The van der Waals surface area contributed by atoms with Gasteiger partial charge in [-0.05, 0) is 19.8 Å². The zero-order chi connectivity index (χ0) is 28.6. The first-order chi connectivity index (χ1) is 18.2. The van der Waals surface area contributed by atoms with Crippen molar-refractivity contribution in [3.63, 3.8) is 0 Å². The first-order valence-corrected chi connectivity index (χ1v) is 24.8. The second-order valence-corrected chi connectivity index (χ2v) is 26.7. The van der Waals surface area contributed by atoms with Gasteiger partial charge in [0.15, 0.2) is 0 Å². The van der Waals surface area contributed by atoms with Crippen LogP contribution >= 0.6 is 0 Å². The lowest BCUT2D eigenvalue weighted by Gasteiger charge is -2.29. The normalized spacial score (nSPS) is 12.9. The molecule has 0 unspecified atom stereocenters. The Morgan fingerprint density at radius 1 is 0.395 bits per heavy atom. The lowest BCUT2D eigenvalue weighted by Crippen LogP contribution is -2.42. The first-order valence-electron chi connectivity index (χ1n) is 16.1. The van der Waals surface area contributed by atoms with E-state index in [1.807, 2.05) is 6.92 Å². The monoisotopic (exact) mass is 592 g/mol. The molecule has 0 spiro atoms. The first kappa shape index (κ1) is 38.5. The Kier molecular flexibility index (Phi) is 24.4. The molecule has 0 aliphatic heterocycles. The summed E-state index contributed by atoms with van der Waals surface area (Å²) in [7, 11) is 0.708. The van der Waals surface area contributed by atoms with Gasteiger partial charge in [-0.25, -0.2) is 9.78 Å². The molecule has 8 heteroatoms. The molecule has 0 atom stereocenters. The van der Waals surface area contributed by atoms with Crippen LogP contribution < -0.4 is 0 Å². The highest BCUT2D eigenvalue weighted by Crippen LogP contribution is 2.29. The maximum atomic E-state index is 5.52. The van der Waals surface area contributed by atoms with Crippen molar-refractivity contribution in [2.75, 3.05) is 34.5 Å². The summed E-state index contributed by atoms with van der Waals surface area (Å²) in [5, 5.41) is 0. The van der Waals surface area contributed by atoms with Gasteiger partial charge in [-0.2, -0.15) is 0 Å². The number of hydrogen-bond acceptors (Lipinski definition) is 5. The van der Waals surface area contributed by atoms with Crippen molar-refractivity contribution in [3.8, 4) is 0 Å². The van der Waals surface area contributed by atoms with Crippen LogP contribution in [0.4, 0.5) is 0 Å². The third-order valence-electron chi connectivity index (χ3n) is 8.28. The molecule has 0 aromatic rings. The summed E-state index contributed by atoms with van der Waals surface area (Å²) in [5.41, 5.74) is 0. The van der Waals surface area contributed by atoms with Crippen molar-refractivity contribution in [2.45, 2.75) is 160 Å². The van der Waals surface area contributed by atoms with Gasteiger partial charge in [0.1, 0.15) is 0 Å². The SMILES string of the molecule is CCOOCCCCCCCCCCC[Si](C)(C)CC[Si](C)(C)CCCCCCCC[Si](OC)(OC)OC. The van der Waals surface area contributed by atoms with E-state index >= 15 is 0 Å². The Balaban J connectivity index is 3.72. The highest BCUT2D eigenvalue weighted by atomic mass is 28.4. The van der Waals surface area contributed by atoms with E-state index in [4.69, 9.17) is 23.1 Å². The van der Waals surface area contributed by atoms with Gasteiger partial charge in [-0.3, -0.25) is 0 Å². The lowest BCUT2D eigenvalue weighted by molar-refractivity contribution is -0.291. The fourth-order valence-corrected chi connectivity index (χ4v) is 15.4. The summed E-state index contributed by atoms with van der Waals surface area (Å²) in [4.78, 5) is 9.99. The van der Waals surface area contributed by atoms with Crippen molar-refractivity contribution in [2.24, 2.45) is 0 Å². The molecule has 0 amide bonds. The molecule has 0 aliphatic carbocycles. The Morgan fingerprint density at radius 2 is 0.737 bits per heavy atom. The highest BCUT2D eigenvalue weighted by Gasteiger charge is 2.36. The average molecular weight is 593 g/mol. The summed E-state index contributed by atoms with van der Waals surface area (Å²) >= 11 is 0. The highest BCUT2D eigenvalue weighted by molar-refractivity contribution is 6.82. The average Bonchev–Trinajstić information content (AvgIpc) is 2.90. The molecule has 0 aromatic carbocycles. The van der Waals surface area contributed by atoms with E-state index in [1.165, 1.54) is 95.6 Å². The molecule has 0 radical (unpaired) electrons. The third-order valence-corrected chi connectivity index (χ3v) is 18.2. The number of hydrogen-bond donors (Lipinski definition) is 0. The molecular formula is C30H68O5Si3. The van der Waals surface area contributed by atoms with Crippen LogP contribution in [0.2, 0.25) is 56.4 Å². The van der Waals surface area contributed by atoms with Crippen LogP contribution in [0.3, 0.4) is 0 Å². The Morgan fingerprint density at radius 3 is 1.11 bits per heavy atom. The van der Waals surface area contributed by atoms with E-state index < -0.39 is 25.0 Å². The van der Waals surface area contributed by atoms with Gasteiger partial charge < -0.3 is 13.3 Å². The topological polar surface area (TPSA) is 46.2 Å². The van der Waals surface area contributed by atoms with Gasteiger partial charge in [-0.15, -0.1) is 0 Å². The molecule has 0 heterocycles. The molecule has 0 saturated carbocycles. The summed E-state index contributed by atoms with van der Waals surface area (Å²) < 4.78 is 16.6. The maximum absolute atomic E-state index is 5.52. The molecule has 0 bridgehead atoms. The van der Waals surface area contributed by atoms with Crippen molar-refractivity contribution in [1.82, 2.24) is 0 Å². The van der Waals surface area contributed by atoms with Gasteiger partial charge in [0.25, 0.3) is 0 Å². The van der Waals surface area contributed by atoms with Gasteiger partial charge in [-0.1, -0.05) is 134 Å². The minimum absolute atomic E-state index is 0.644. The zero-order valence-electron chi connectivity index (χ0n) is 27.1. The van der Waals surface area contributed by atoms with Crippen LogP contribution in [-0.4, -0.2) is 59.5 Å². The fourth-order valence-electron chi connectivity index (χ4n) is 5.28. The second-order valence-electron chi connectivity index (χ2n) is 12.9. The van der Waals surface area contributed by atoms with E-state index in [0.717, 1.165) is 25.5 Å². The van der Waals surface area contributed by atoms with Crippen LogP contribution in [0, 0.1) is 0 Å². The third kappa shape index (κ3) is 22.2. The predicted octanol–water partition coefficient (Wildman–Crippen LogP) is 10.1. The van der Waals surface area contributed by atoms with Gasteiger partial charge in [0.05, 0.1) is 13.2 Å². The molecule has 0 N–H and O–H groups in total. The molecular weight excluding hydrogens is 525 g/mol. The summed E-state index contributed by atoms with van der Waals surface area (Å²) in [6.07, 6.45) is 20.3. The van der Waals surface area contributed by atoms with Crippen LogP contribution in [0.25, 0.3) is 0 Å². The number of rotatable bonds is 29.